The molecule has 0 saturated carbocycles. The average molecular weight is 378 g/mol. The molecule has 2 heterocycles. The number of rotatable bonds is 6. The first-order valence-electron chi connectivity index (χ1n) is 9.67. The maximum atomic E-state index is 15.3. The predicted octanol–water partition coefficient (Wildman–Crippen LogP) is 2.33. The molecule has 2 fully saturated rings. The van der Waals surface area contributed by atoms with E-state index in [-0.39, 0.29) is 0 Å². The molecule has 2 aliphatic rings. The Morgan fingerprint density at radius 2 is 1.60 bits per heavy atom. The minimum atomic E-state index is -3.27. The fourth-order valence-corrected chi connectivity index (χ4v) is 5.30. The molecule has 2 saturated heterocycles. The van der Waals surface area contributed by atoms with Crippen molar-refractivity contribution < 1.29 is 12.8 Å². The number of halogens is 1. The molecule has 0 unspecified atom stereocenters. The lowest BCUT2D eigenvalue weighted by Gasteiger charge is -2.43. The van der Waals surface area contributed by atoms with Crippen LogP contribution in [0.4, 0.5) is 4.39 Å². The van der Waals surface area contributed by atoms with E-state index < -0.39 is 20.9 Å². The Labute approximate surface area is 153 Å². The Hall–Kier alpha value is -0.240. The molecule has 2 aliphatic heterocycles. The van der Waals surface area contributed by atoms with E-state index in [1.807, 2.05) is 7.05 Å². The molecule has 0 N–H and O–H groups in total. The summed E-state index contributed by atoms with van der Waals surface area (Å²) in [5, 5.41) is -0.437. The van der Waals surface area contributed by atoms with Crippen LogP contribution in [0.1, 0.15) is 53.4 Å². The maximum Gasteiger partial charge on any atom is 0.216 e. The second kappa shape index (κ2) is 8.19. The van der Waals surface area contributed by atoms with Gasteiger partial charge in [0.25, 0.3) is 0 Å². The highest BCUT2D eigenvalue weighted by Gasteiger charge is 2.40. The van der Waals surface area contributed by atoms with Crippen LogP contribution in [0.15, 0.2) is 0 Å². The molecule has 2 rings (SSSR count). The van der Waals surface area contributed by atoms with E-state index >= 15 is 4.39 Å². The van der Waals surface area contributed by atoms with Crippen molar-refractivity contribution in [1.29, 1.82) is 0 Å². The van der Waals surface area contributed by atoms with Crippen molar-refractivity contribution in [2.24, 2.45) is 0 Å². The van der Waals surface area contributed by atoms with E-state index in [1.54, 1.807) is 13.8 Å². The molecule has 25 heavy (non-hydrogen) atoms. The summed E-state index contributed by atoms with van der Waals surface area (Å²) in [6.45, 7) is 11.0. The van der Waals surface area contributed by atoms with Gasteiger partial charge < -0.3 is 9.80 Å². The summed E-state index contributed by atoms with van der Waals surface area (Å²) in [6, 6.07) is 1.01. The van der Waals surface area contributed by atoms with Crippen LogP contribution >= 0.6 is 0 Å². The first-order chi connectivity index (χ1) is 11.5. The Morgan fingerprint density at radius 3 is 2.04 bits per heavy atom. The predicted molar refractivity (Wildman–Crippen MR) is 101 cm³/mol. The Kier molecular flexibility index (Phi) is 6.90. The van der Waals surface area contributed by atoms with Gasteiger partial charge in [-0.1, -0.05) is 0 Å². The Morgan fingerprint density at radius 1 is 1.08 bits per heavy atom. The molecule has 0 atom stereocenters. The van der Waals surface area contributed by atoms with E-state index in [1.165, 1.54) is 4.31 Å². The summed E-state index contributed by atoms with van der Waals surface area (Å²) in [7, 11) is -1.24. The van der Waals surface area contributed by atoms with Gasteiger partial charge >= 0.3 is 0 Å². The number of hydrogen-bond donors (Lipinski definition) is 0. The fraction of sp³-hybridized carbons (Fsp3) is 1.00. The lowest BCUT2D eigenvalue weighted by molar-refractivity contribution is 0.0227. The van der Waals surface area contributed by atoms with Crippen LogP contribution in [0.2, 0.25) is 0 Å². The normalized spacial score (nSPS) is 24.5. The van der Waals surface area contributed by atoms with Crippen molar-refractivity contribution in [1.82, 2.24) is 14.1 Å². The topological polar surface area (TPSA) is 43.9 Å². The second-order valence-corrected chi connectivity index (χ2v) is 10.9. The summed E-state index contributed by atoms with van der Waals surface area (Å²) < 4.78 is 41.2. The molecule has 0 spiro atoms. The highest BCUT2D eigenvalue weighted by atomic mass is 32.2. The largest absolute Gasteiger partial charge is 0.301 e. The zero-order valence-corrected chi connectivity index (χ0v) is 17.4. The zero-order chi connectivity index (χ0) is 18.8. The van der Waals surface area contributed by atoms with Gasteiger partial charge in [-0.15, -0.1) is 0 Å². The summed E-state index contributed by atoms with van der Waals surface area (Å²) in [6.07, 6.45) is 2.76. The standard InChI is InChI=1S/C18H36FN3O2S/c1-15(2)21-10-6-17(7-11-21)20(5)14-18(19)8-12-22(13-9-18)25(23,24)16(3)4/h15-17H,6-14H2,1-5H3. The summed E-state index contributed by atoms with van der Waals surface area (Å²) in [5.41, 5.74) is -1.27. The highest BCUT2D eigenvalue weighted by molar-refractivity contribution is 7.89. The SMILES string of the molecule is CC(C)N1CCC(N(C)CC2(F)CCN(S(=O)(=O)C(C)C)CC2)CC1. The van der Waals surface area contributed by atoms with E-state index in [0.717, 1.165) is 25.9 Å². The van der Waals surface area contributed by atoms with Crippen molar-refractivity contribution in [3.8, 4) is 0 Å². The van der Waals surface area contributed by atoms with Crippen LogP contribution in [0.5, 0.6) is 0 Å². The second-order valence-electron chi connectivity index (χ2n) is 8.42. The van der Waals surface area contributed by atoms with Gasteiger partial charge in [-0.3, -0.25) is 0 Å². The van der Waals surface area contributed by atoms with Crippen LogP contribution in [0, 0.1) is 0 Å². The van der Waals surface area contributed by atoms with Crippen molar-refractivity contribution in [2.45, 2.75) is 76.4 Å². The van der Waals surface area contributed by atoms with Gasteiger partial charge in [0.15, 0.2) is 0 Å². The molecular formula is C18H36FN3O2S. The molecule has 0 aromatic rings. The van der Waals surface area contributed by atoms with Crippen molar-refractivity contribution in [3.63, 3.8) is 0 Å². The Balaban J connectivity index is 1.85. The molecule has 0 aromatic heterocycles. The molecule has 0 amide bonds. The van der Waals surface area contributed by atoms with Crippen LogP contribution in [-0.4, -0.2) is 85.3 Å². The number of piperidine rings is 2. The fourth-order valence-electron chi connectivity index (χ4n) is 4.02. The van der Waals surface area contributed by atoms with Crippen LogP contribution in [-0.2, 0) is 10.0 Å². The summed E-state index contributed by atoms with van der Waals surface area (Å²) in [4.78, 5) is 4.65. The molecule has 5 nitrogen and oxygen atoms in total. The first-order valence-corrected chi connectivity index (χ1v) is 11.2. The number of hydrogen-bond acceptors (Lipinski definition) is 4. The molecule has 0 aliphatic carbocycles. The third kappa shape index (κ3) is 5.15. The minimum Gasteiger partial charge on any atom is -0.301 e. The summed E-state index contributed by atoms with van der Waals surface area (Å²) >= 11 is 0. The average Bonchev–Trinajstić information content (AvgIpc) is 2.54. The molecule has 0 aromatic carbocycles. The van der Waals surface area contributed by atoms with E-state index in [2.05, 4.69) is 23.6 Å². The third-order valence-electron chi connectivity index (χ3n) is 5.96. The summed E-state index contributed by atoms with van der Waals surface area (Å²) in [5.74, 6) is 0. The number of sulfonamides is 1. The van der Waals surface area contributed by atoms with Gasteiger partial charge in [0.1, 0.15) is 5.67 Å². The molecule has 7 heteroatoms. The lowest BCUT2D eigenvalue weighted by Crippen LogP contribution is -2.53. The number of nitrogens with zero attached hydrogens (tertiary/aromatic N) is 3. The van der Waals surface area contributed by atoms with E-state index in [0.29, 0.717) is 44.6 Å². The smallest absolute Gasteiger partial charge is 0.216 e. The van der Waals surface area contributed by atoms with Gasteiger partial charge in [0, 0.05) is 31.7 Å². The minimum absolute atomic E-state index is 0.300. The molecule has 148 valence electrons. The maximum absolute atomic E-state index is 15.3. The van der Waals surface area contributed by atoms with Crippen molar-refractivity contribution in [3.05, 3.63) is 0 Å². The van der Waals surface area contributed by atoms with E-state index in [9.17, 15) is 8.42 Å². The Bertz CT molecular complexity index is 522. The van der Waals surface area contributed by atoms with Crippen molar-refractivity contribution in [2.75, 3.05) is 39.8 Å². The lowest BCUT2D eigenvalue weighted by atomic mass is 9.92. The van der Waals surface area contributed by atoms with Gasteiger partial charge in [0.05, 0.1) is 5.25 Å². The van der Waals surface area contributed by atoms with Crippen LogP contribution in [0.25, 0.3) is 0 Å². The van der Waals surface area contributed by atoms with Gasteiger partial charge in [-0.25, -0.2) is 17.1 Å². The van der Waals surface area contributed by atoms with Gasteiger partial charge in [0.2, 0.25) is 10.0 Å². The number of likely N-dealkylation sites (tertiary alicyclic amines) is 1. The van der Waals surface area contributed by atoms with E-state index in [4.69, 9.17) is 0 Å². The molecular weight excluding hydrogens is 341 g/mol. The number of alkyl halides is 1. The van der Waals surface area contributed by atoms with Crippen molar-refractivity contribution >= 4 is 10.0 Å². The third-order valence-corrected chi connectivity index (χ3v) is 8.24. The molecule has 0 radical (unpaired) electrons. The molecule has 0 bridgehead atoms. The highest BCUT2D eigenvalue weighted by Crippen LogP contribution is 2.31. The zero-order valence-electron chi connectivity index (χ0n) is 16.5. The van der Waals surface area contributed by atoms with Gasteiger partial charge in [-0.2, -0.15) is 0 Å². The van der Waals surface area contributed by atoms with Crippen LogP contribution in [0.3, 0.4) is 0 Å². The monoisotopic (exact) mass is 377 g/mol. The van der Waals surface area contributed by atoms with Crippen LogP contribution < -0.4 is 0 Å². The quantitative estimate of drug-likeness (QED) is 0.713. The first kappa shape index (κ1) is 21.1. The van der Waals surface area contributed by atoms with Gasteiger partial charge in [-0.05, 0) is 73.5 Å².